The number of amides is 2. The number of nitrogens with one attached hydrogen (secondary N) is 1. The summed E-state index contributed by atoms with van der Waals surface area (Å²) in [5.41, 5.74) is 4.93. The smallest absolute Gasteiger partial charge is 0.266 e. The Morgan fingerprint density at radius 2 is 1.62 bits per heavy atom. The molecule has 4 aromatic rings. The predicted molar refractivity (Wildman–Crippen MR) is 114 cm³/mol. The van der Waals surface area contributed by atoms with Crippen LogP contribution in [0.15, 0.2) is 66.7 Å². The molecule has 2 heterocycles. The average molecular weight is 379 g/mol. The molecule has 0 spiro atoms. The van der Waals surface area contributed by atoms with Crippen LogP contribution in [-0.2, 0) is 0 Å². The molecule has 0 saturated carbocycles. The second-order valence-electron chi connectivity index (χ2n) is 7.04. The summed E-state index contributed by atoms with van der Waals surface area (Å²) in [6, 6.07) is 20.6. The molecule has 5 heteroatoms. The highest BCUT2D eigenvalue weighted by molar-refractivity contribution is 6.35. The number of carbonyl (C=O) groups is 2. The molecule has 5 nitrogen and oxygen atoms in total. The van der Waals surface area contributed by atoms with E-state index in [1.165, 1.54) is 4.90 Å². The normalized spacial score (nSPS) is 13.6. The number of rotatable bonds is 3. The van der Waals surface area contributed by atoms with E-state index >= 15 is 0 Å². The second-order valence-corrected chi connectivity index (χ2v) is 7.04. The van der Waals surface area contributed by atoms with E-state index in [0.29, 0.717) is 16.8 Å². The van der Waals surface area contributed by atoms with Crippen molar-refractivity contribution < 1.29 is 9.59 Å². The van der Waals surface area contributed by atoms with Gasteiger partial charge in [0.05, 0.1) is 28.0 Å². The summed E-state index contributed by atoms with van der Waals surface area (Å²) in [5, 5.41) is 8.37. The molecule has 0 atom stereocenters. The van der Waals surface area contributed by atoms with Gasteiger partial charge in [-0.2, -0.15) is 5.10 Å². The third-order valence-corrected chi connectivity index (χ3v) is 5.14. The molecular weight excluding hydrogens is 362 g/mol. The van der Waals surface area contributed by atoms with Crippen LogP contribution in [-0.4, -0.2) is 22.0 Å². The number of fused-ring (bicyclic) bond motifs is 2. The van der Waals surface area contributed by atoms with Gasteiger partial charge in [-0.3, -0.25) is 14.7 Å². The van der Waals surface area contributed by atoms with Crippen LogP contribution in [0.2, 0.25) is 0 Å². The van der Waals surface area contributed by atoms with Gasteiger partial charge >= 0.3 is 0 Å². The fourth-order valence-corrected chi connectivity index (χ4v) is 3.69. The number of para-hydroxylation sites is 2. The number of imide groups is 1. The standard InChI is InChI=1S/C24H17N3O2/c1-15-10-12-17-19(14-15)24(29)27(23(17)28)22-9-5-2-6-16(22)11-13-21-18-7-3-4-8-20(18)25-26-21/h2-14H,1H3,(H,25,26)/b13-11+. The van der Waals surface area contributed by atoms with Gasteiger partial charge in [0.1, 0.15) is 0 Å². The minimum absolute atomic E-state index is 0.292. The van der Waals surface area contributed by atoms with Crippen LogP contribution in [0.1, 0.15) is 37.5 Å². The van der Waals surface area contributed by atoms with Crippen LogP contribution in [0, 0.1) is 6.92 Å². The van der Waals surface area contributed by atoms with Gasteiger partial charge in [0, 0.05) is 5.39 Å². The zero-order valence-electron chi connectivity index (χ0n) is 15.7. The number of nitrogens with zero attached hydrogens (tertiary/aromatic N) is 2. The summed E-state index contributed by atoms with van der Waals surface area (Å²) >= 11 is 0. The summed E-state index contributed by atoms with van der Waals surface area (Å²) in [6.07, 6.45) is 3.77. The summed E-state index contributed by atoms with van der Waals surface area (Å²) in [5.74, 6) is -0.587. The molecule has 1 N–H and O–H groups in total. The Labute approximate surface area is 167 Å². The number of benzene rings is 3. The Morgan fingerprint density at radius 1 is 0.862 bits per heavy atom. The summed E-state index contributed by atoms with van der Waals surface area (Å²) < 4.78 is 0. The molecule has 29 heavy (non-hydrogen) atoms. The average Bonchev–Trinajstić information content (AvgIpc) is 3.26. The Hall–Kier alpha value is -3.99. The topological polar surface area (TPSA) is 66.1 Å². The fraction of sp³-hybridized carbons (Fsp3) is 0.0417. The lowest BCUT2D eigenvalue weighted by Gasteiger charge is -2.16. The SMILES string of the molecule is Cc1ccc2c(c1)C(=O)N(c1ccccc1/C=C/c1n[nH]c3ccccc13)C2=O. The van der Waals surface area contributed by atoms with Crippen LogP contribution in [0.25, 0.3) is 23.1 Å². The van der Waals surface area contributed by atoms with Crippen molar-refractivity contribution in [2.45, 2.75) is 6.92 Å². The van der Waals surface area contributed by atoms with Gasteiger partial charge in [-0.05, 0) is 42.8 Å². The van der Waals surface area contributed by atoms with Crippen LogP contribution in [0.5, 0.6) is 0 Å². The molecule has 0 bridgehead atoms. The van der Waals surface area contributed by atoms with Gasteiger partial charge in [-0.15, -0.1) is 0 Å². The van der Waals surface area contributed by atoms with Crippen molar-refractivity contribution in [3.8, 4) is 0 Å². The van der Waals surface area contributed by atoms with Crippen molar-refractivity contribution >= 4 is 40.6 Å². The van der Waals surface area contributed by atoms with Gasteiger partial charge in [0.15, 0.2) is 0 Å². The number of aryl methyl sites for hydroxylation is 1. The number of hydrogen-bond acceptors (Lipinski definition) is 3. The highest BCUT2D eigenvalue weighted by Crippen LogP contribution is 2.32. The quantitative estimate of drug-likeness (QED) is 0.518. The van der Waals surface area contributed by atoms with Gasteiger partial charge in [-0.1, -0.05) is 54.1 Å². The molecule has 1 aromatic heterocycles. The van der Waals surface area contributed by atoms with E-state index in [1.807, 2.05) is 67.6 Å². The highest BCUT2D eigenvalue weighted by atomic mass is 16.2. The first-order chi connectivity index (χ1) is 14.1. The highest BCUT2D eigenvalue weighted by Gasteiger charge is 2.37. The Balaban J connectivity index is 1.55. The van der Waals surface area contributed by atoms with Crippen LogP contribution in [0.3, 0.4) is 0 Å². The van der Waals surface area contributed by atoms with Crippen molar-refractivity contribution in [3.05, 3.63) is 94.7 Å². The molecule has 0 aliphatic carbocycles. The number of aromatic amines is 1. The minimum Gasteiger partial charge on any atom is -0.277 e. The molecule has 1 aliphatic heterocycles. The molecule has 1 aliphatic rings. The second kappa shape index (κ2) is 6.56. The zero-order valence-corrected chi connectivity index (χ0v) is 15.7. The largest absolute Gasteiger partial charge is 0.277 e. The molecule has 0 unspecified atom stereocenters. The van der Waals surface area contributed by atoms with Crippen LogP contribution >= 0.6 is 0 Å². The number of carbonyl (C=O) groups excluding carboxylic acids is 2. The third-order valence-electron chi connectivity index (χ3n) is 5.14. The maximum absolute atomic E-state index is 13.0. The van der Waals surface area contributed by atoms with Crippen LogP contribution in [0.4, 0.5) is 5.69 Å². The van der Waals surface area contributed by atoms with E-state index in [-0.39, 0.29) is 11.8 Å². The van der Waals surface area contributed by atoms with Crippen molar-refractivity contribution in [1.29, 1.82) is 0 Å². The number of H-pyrrole nitrogens is 1. The van der Waals surface area contributed by atoms with E-state index in [0.717, 1.165) is 27.7 Å². The van der Waals surface area contributed by atoms with Crippen molar-refractivity contribution in [1.82, 2.24) is 10.2 Å². The van der Waals surface area contributed by atoms with Gasteiger partial charge in [0.2, 0.25) is 0 Å². The van der Waals surface area contributed by atoms with E-state index in [2.05, 4.69) is 10.2 Å². The molecule has 0 saturated heterocycles. The van der Waals surface area contributed by atoms with Gasteiger partial charge < -0.3 is 0 Å². The van der Waals surface area contributed by atoms with Crippen molar-refractivity contribution in [2.24, 2.45) is 0 Å². The molecule has 0 radical (unpaired) electrons. The zero-order chi connectivity index (χ0) is 20.0. The maximum Gasteiger partial charge on any atom is 0.266 e. The first kappa shape index (κ1) is 17.1. The molecule has 5 rings (SSSR count). The number of hydrogen-bond donors (Lipinski definition) is 1. The van der Waals surface area contributed by atoms with E-state index in [9.17, 15) is 9.59 Å². The predicted octanol–water partition coefficient (Wildman–Crippen LogP) is 4.84. The van der Waals surface area contributed by atoms with Crippen molar-refractivity contribution in [3.63, 3.8) is 0 Å². The van der Waals surface area contributed by atoms with Crippen molar-refractivity contribution in [2.75, 3.05) is 4.90 Å². The fourth-order valence-electron chi connectivity index (χ4n) is 3.69. The summed E-state index contributed by atoms with van der Waals surface area (Å²) in [7, 11) is 0. The lowest BCUT2D eigenvalue weighted by atomic mass is 10.1. The molecule has 3 aromatic carbocycles. The number of anilines is 1. The third kappa shape index (κ3) is 2.75. The van der Waals surface area contributed by atoms with Gasteiger partial charge in [-0.25, -0.2) is 4.90 Å². The Morgan fingerprint density at radius 3 is 2.52 bits per heavy atom. The minimum atomic E-state index is -0.295. The number of aromatic nitrogens is 2. The first-order valence-corrected chi connectivity index (χ1v) is 9.33. The summed E-state index contributed by atoms with van der Waals surface area (Å²) in [4.78, 5) is 27.2. The van der Waals surface area contributed by atoms with E-state index < -0.39 is 0 Å². The maximum atomic E-state index is 13.0. The molecule has 140 valence electrons. The van der Waals surface area contributed by atoms with E-state index in [4.69, 9.17) is 0 Å². The monoisotopic (exact) mass is 379 g/mol. The molecular formula is C24H17N3O2. The van der Waals surface area contributed by atoms with Crippen LogP contribution < -0.4 is 4.90 Å². The van der Waals surface area contributed by atoms with E-state index in [1.54, 1.807) is 18.2 Å². The lowest BCUT2D eigenvalue weighted by molar-refractivity contribution is 0.0926. The summed E-state index contributed by atoms with van der Waals surface area (Å²) in [6.45, 7) is 1.91. The molecule has 2 amide bonds. The Bertz CT molecular complexity index is 1320. The first-order valence-electron chi connectivity index (χ1n) is 9.33. The Kier molecular flexibility index (Phi) is 3.88. The molecule has 0 fully saturated rings. The van der Waals surface area contributed by atoms with Gasteiger partial charge in [0.25, 0.3) is 11.8 Å². The lowest BCUT2D eigenvalue weighted by Crippen LogP contribution is -2.29.